The second-order valence-electron chi connectivity index (χ2n) is 4.24. The van der Waals surface area contributed by atoms with Crippen molar-refractivity contribution in [1.82, 2.24) is 4.90 Å². The fourth-order valence-electron chi connectivity index (χ4n) is 2.06. The van der Waals surface area contributed by atoms with Gasteiger partial charge in [-0.25, -0.2) is 0 Å². The van der Waals surface area contributed by atoms with Crippen LogP contribution >= 0.6 is 15.9 Å². The highest BCUT2D eigenvalue weighted by Crippen LogP contribution is 2.22. The molecule has 1 saturated heterocycles. The Hall–Kier alpha value is -0.580. The van der Waals surface area contributed by atoms with E-state index in [0.717, 1.165) is 36.2 Å². The van der Waals surface area contributed by atoms with E-state index in [0.29, 0.717) is 6.10 Å². The molecule has 1 heterocycles. The van der Waals surface area contributed by atoms with E-state index in [-0.39, 0.29) is 0 Å². The van der Waals surface area contributed by atoms with Gasteiger partial charge in [-0.2, -0.15) is 0 Å². The minimum atomic E-state index is 0.400. The molecule has 1 atom stereocenters. The van der Waals surface area contributed by atoms with E-state index in [1.165, 1.54) is 5.56 Å². The molecule has 1 fully saturated rings. The average molecular weight is 285 g/mol. The first kappa shape index (κ1) is 11.9. The number of benzene rings is 1. The first-order chi connectivity index (χ1) is 7.69. The average Bonchev–Trinajstić information content (AvgIpc) is 2.71. The van der Waals surface area contributed by atoms with Gasteiger partial charge in [0.05, 0.1) is 6.10 Å². The molecule has 1 unspecified atom stereocenters. The third-order valence-corrected chi connectivity index (χ3v) is 3.72. The van der Waals surface area contributed by atoms with Crippen molar-refractivity contribution >= 4 is 21.6 Å². The third kappa shape index (κ3) is 2.75. The maximum absolute atomic E-state index is 5.76. The van der Waals surface area contributed by atoms with Gasteiger partial charge in [-0.3, -0.25) is 4.90 Å². The summed E-state index contributed by atoms with van der Waals surface area (Å²) in [5.41, 5.74) is 7.84. The Kier molecular flexibility index (Phi) is 3.84. The third-order valence-electron chi connectivity index (χ3n) is 3.03. The normalized spacial score (nSPS) is 21.5. The molecule has 16 heavy (non-hydrogen) atoms. The number of halogens is 1. The molecule has 0 aromatic heterocycles. The van der Waals surface area contributed by atoms with Crippen LogP contribution in [0.25, 0.3) is 0 Å². The minimum absolute atomic E-state index is 0.400. The smallest absolute Gasteiger partial charge is 0.0710 e. The molecule has 88 valence electrons. The standard InChI is InChI=1S/C12H17BrN2O/c1-16-10-4-5-15(8-10)7-9-2-3-12(14)11(13)6-9/h2-3,6,10H,4-5,7-8,14H2,1H3. The highest BCUT2D eigenvalue weighted by Gasteiger charge is 2.21. The lowest BCUT2D eigenvalue weighted by Gasteiger charge is -2.16. The summed E-state index contributed by atoms with van der Waals surface area (Å²) >= 11 is 3.45. The van der Waals surface area contributed by atoms with Crippen molar-refractivity contribution in [3.8, 4) is 0 Å². The van der Waals surface area contributed by atoms with Crippen molar-refractivity contribution < 1.29 is 4.74 Å². The second-order valence-corrected chi connectivity index (χ2v) is 5.09. The van der Waals surface area contributed by atoms with Crippen LogP contribution in [-0.2, 0) is 11.3 Å². The van der Waals surface area contributed by atoms with Crippen LogP contribution in [0.4, 0.5) is 5.69 Å². The van der Waals surface area contributed by atoms with Crippen molar-refractivity contribution in [3.63, 3.8) is 0 Å². The number of methoxy groups -OCH3 is 1. The highest BCUT2D eigenvalue weighted by molar-refractivity contribution is 9.10. The number of nitrogens with two attached hydrogens (primary N) is 1. The van der Waals surface area contributed by atoms with Gasteiger partial charge >= 0.3 is 0 Å². The predicted molar refractivity (Wildman–Crippen MR) is 69.2 cm³/mol. The zero-order valence-corrected chi connectivity index (χ0v) is 11.0. The maximum Gasteiger partial charge on any atom is 0.0710 e. The monoisotopic (exact) mass is 284 g/mol. The van der Waals surface area contributed by atoms with Crippen LogP contribution in [0.1, 0.15) is 12.0 Å². The fourth-order valence-corrected chi connectivity index (χ4v) is 2.49. The molecule has 1 aliphatic heterocycles. The van der Waals surface area contributed by atoms with Crippen molar-refractivity contribution in [1.29, 1.82) is 0 Å². The van der Waals surface area contributed by atoms with E-state index in [1.807, 2.05) is 6.07 Å². The van der Waals surface area contributed by atoms with Crippen LogP contribution < -0.4 is 5.73 Å². The molecule has 0 spiro atoms. The molecule has 2 N–H and O–H groups in total. The first-order valence-corrected chi connectivity index (χ1v) is 6.27. The lowest BCUT2D eigenvalue weighted by Crippen LogP contribution is -2.22. The SMILES string of the molecule is COC1CCN(Cc2ccc(N)c(Br)c2)C1. The number of nitrogen functional groups attached to an aromatic ring is 1. The van der Waals surface area contributed by atoms with E-state index in [4.69, 9.17) is 10.5 Å². The van der Waals surface area contributed by atoms with E-state index in [9.17, 15) is 0 Å². The van der Waals surface area contributed by atoms with Gasteiger partial charge in [-0.1, -0.05) is 6.07 Å². The summed E-state index contributed by atoms with van der Waals surface area (Å²) < 4.78 is 6.33. The zero-order chi connectivity index (χ0) is 11.5. The Labute approximate surface area is 105 Å². The minimum Gasteiger partial charge on any atom is -0.398 e. The Morgan fingerprint density at radius 1 is 1.56 bits per heavy atom. The van der Waals surface area contributed by atoms with Crippen LogP contribution in [-0.4, -0.2) is 31.2 Å². The summed E-state index contributed by atoms with van der Waals surface area (Å²) in [7, 11) is 1.79. The summed E-state index contributed by atoms with van der Waals surface area (Å²) in [4.78, 5) is 2.41. The van der Waals surface area contributed by atoms with Crippen LogP contribution in [0, 0.1) is 0 Å². The molecule has 0 amide bonds. The zero-order valence-electron chi connectivity index (χ0n) is 9.45. The summed E-state index contributed by atoms with van der Waals surface area (Å²) in [5, 5.41) is 0. The number of hydrogen-bond donors (Lipinski definition) is 1. The molecule has 0 bridgehead atoms. The summed E-state index contributed by atoms with van der Waals surface area (Å²) in [6, 6.07) is 6.12. The quantitative estimate of drug-likeness (QED) is 0.866. The molecular weight excluding hydrogens is 268 g/mol. The Morgan fingerprint density at radius 2 is 2.38 bits per heavy atom. The Bertz CT molecular complexity index is 370. The molecule has 1 aromatic carbocycles. The van der Waals surface area contributed by atoms with E-state index >= 15 is 0 Å². The van der Waals surface area contributed by atoms with Gasteiger partial charge < -0.3 is 10.5 Å². The molecule has 1 aliphatic rings. The van der Waals surface area contributed by atoms with E-state index < -0.39 is 0 Å². The Morgan fingerprint density at radius 3 is 3.00 bits per heavy atom. The highest BCUT2D eigenvalue weighted by atomic mass is 79.9. The molecule has 1 aromatic rings. The van der Waals surface area contributed by atoms with Gasteiger partial charge in [0.1, 0.15) is 0 Å². The van der Waals surface area contributed by atoms with Crippen LogP contribution in [0.2, 0.25) is 0 Å². The lowest BCUT2D eigenvalue weighted by atomic mass is 10.2. The number of likely N-dealkylation sites (tertiary alicyclic amines) is 1. The van der Waals surface area contributed by atoms with Crippen molar-refractivity contribution in [2.75, 3.05) is 25.9 Å². The van der Waals surface area contributed by atoms with Crippen molar-refractivity contribution in [2.45, 2.75) is 19.1 Å². The van der Waals surface area contributed by atoms with Gasteiger partial charge in [0.15, 0.2) is 0 Å². The number of nitrogens with zero attached hydrogens (tertiary/aromatic N) is 1. The summed E-state index contributed by atoms with van der Waals surface area (Å²) in [6.07, 6.45) is 1.53. The fraction of sp³-hybridized carbons (Fsp3) is 0.500. The van der Waals surface area contributed by atoms with Crippen molar-refractivity contribution in [3.05, 3.63) is 28.2 Å². The van der Waals surface area contributed by atoms with Gasteiger partial charge in [0, 0.05) is 36.9 Å². The molecular formula is C12H17BrN2O. The van der Waals surface area contributed by atoms with Crippen LogP contribution in [0.15, 0.2) is 22.7 Å². The van der Waals surface area contributed by atoms with Gasteiger partial charge in [0.2, 0.25) is 0 Å². The summed E-state index contributed by atoms with van der Waals surface area (Å²) in [6.45, 7) is 3.11. The maximum atomic E-state index is 5.76. The van der Waals surface area contributed by atoms with Crippen LogP contribution in [0.5, 0.6) is 0 Å². The number of ether oxygens (including phenoxy) is 1. The molecule has 0 saturated carbocycles. The van der Waals surface area contributed by atoms with Gasteiger partial charge in [0.25, 0.3) is 0 Å². The molecule has 3 nitrogen and oxygen atoms in total. The van der Waals surface area contributed by atoms with Crippen LogP contribution in [0.3, 0.4) is 0 Å². The topological polar surface area (TPSA) is 38.5 Å². The Balaban J connectivity index is 1.97. The van der Waals surface area contributed by atoms with Gasteiger partial charge in [-0.05, 0) is 40.0 Å². The van der Waals surface area contributed by atoms with E-state index in [2.05, 4.69) is 33.0 Å². The molecule has 2 rings (SSSR count). The number of anilines is 1. The van der Waals surface area contributed by atoms with Gasteiger partial charge in [-0.15, -0.1) is 0 Å². The molecule has 0 aliphatic carbocycles. The molecule has 0 radical (unpaired) electrons. The van der Waals surface area contributed by atoms with Crippen molar-refractivity contribution in [2.24, 2.45) is 0 Å². The predicted octanol–water partition coefficient (Wildman–Crippen LogP) is 2.25. The second kappa shape index (κ2) is 5.17. The number of rotatable bonds is 3. The first-order valence-electron chi connectivity index (χ1n) is 5.48. The largest absolute Gasteiger partial charge is 0.398 e. The summed E-state index contributed by atoms with van der Waals surface area (Å²) in [5.74, 6) is 0. The van der Waals surface area contributed by atoms with E-state index in [1.54, 1.807) is 7.11 Å². The lowest BCUT2D eigenvalue weighted by molar-refractivity contribution is 0.107. The molecule has 4 heteroatoms. The number of hydrogen-bond acceptors (Lipinski definition) is 3.